The minimum Gasteiger partial charge on any atom is -0.481 e. The van der Waals surface area contributed by atoms with Crippen molar-refractivity contribution in [2.45, 2.75) is 71.8 Å². The molecule has 0 saturated heterocycles. The van der Waals surface area contributed by atoms with Crippen molar-refractivity contribution < 1.29 is 19.5 Å². The van der Waals surface area contributed by atoms with Crippen LogP contribution in [0.3, 0.4) is 0 Å². The molecule has 1 aliphatic carbocycles. The van der Waals surface area contributed by atoms with Crippen molar-refractivity contribution in [3.8, 4) is 0 Å². The smallest absolute Gasteiger partial charge is 0.308 e. The van der Waals surface area contributed by atoms with Crippen LogP contribution in [0.25, 0.3) is 0 Å². The topological polar surface area (TPSA) is 95.5 Å². The summed E-state index contributed by atoms with van der Waals surface area (Å²) in [6.07, 6.45) is 6.77. The Hall–Kier alpha value is -1.59. The molecule has 3 N–H and O–H groups in total. The number of carbonyl (C=O) groups excluding carboxylic acids is 2. The molecule has 0 spiro atoms. The summed E-state index contributed by atoms with van der Waals surface area (Å²) in [6, 6.07) is -0.644. The quantitative estimate of drug-likeness (QED) is 0.600. The van der Waals surface area contributed by atoms with E-state index < -0.39 is 17.9 Å². The zero-order valence-corrected chi connectivity index (χ0v) is 15.1. The van der Waals surface area contributed by atoms with Gasteiger partial charge >= 0.3 is 5.97 Å². The summed E-state index contributed by atoms with van der Waals surface area (Å²) in [4.78, 5) is 35.3. The SMILES string of the molecule is CC(C)CC(CNC(=O)C(C)NC(=O)CC1CCCCC1)C(=O)O. The van der Waals surface area contributed by atoms with Crippen LogP contribution >= 0.6 is 0 Å². The highest BCUT2D eigenvalue weighted by atomic mass is 16.4. The van der Waals surface area contributed by atoms with E-state index in [9.17, 15) is 19.5 Å². The van der Waals surface area contributed by atoms with Crippen LogP contribution in [0.4, 0.5) is 0 Å². The van der Waals surface area contributed by atoms with Crippen molar-refractivity contribution in [3.63, 3.8) is 0 Å². The predicted octanol–water partition coefficient (Wildman–Crippen LogP) is 2.32. The number of nitrogens with one attached hydrogen (secondary N) is 2. The molecule has 1 saturated carbocycles. The van der Waals surface area contributed by atoms with Gasteiger partial charge in [0, 0.05) is 13.0 Å². The summed E-state index contributed by atoms with van der Waals surface area (Å²) >= 11 is 0. The van der Waals surface area contributed by atoms with Gasteiger partial charge in [-0.2, -0.15) is 0 Å². The Bertz CT molecular complexity index is 431. The van der Waals surface area contributed by atoms with Crippen LogP contribution in [0.1, 0.15) is 65.7 Å². The number of hydrogen-bond acceptors (Lipinski definition) is 3. The van der Waals surface area contributed by atoms with Crippen molar-refractivity contribution in [3.05, 3.63) is 0 Å². The van der Waals surface area contributed by atoms with E-state index in [4.69, 9.17) is 0 Å². The molecule has 24 heavy (non-hydrogen) atoms. The molecule has 138 valence electrons. The van der Waals surface area contributed by atoms with E-state index in [1.165, 1.54) is 19.3 Å². The van der Waals surface area contributed by atoms with Gasteiger partial charge in [0.25, 0.3) is 0 Å². The number of carboxylic acid groups (broad SMARTS) is 1. The summed E-state index contributed by atoms with van der Waals surface area (Å²) in [5.41, 5.74) is 0. The normalized spacial score (nSPS) is 18.0. The summed E-state index contributed by atoms with van der Waals surface area (Å²) in [6.45, 7) is 5.62. The van der Waals surface area contributed by atoms with E-state index in [-0.39, 0.29) is 24.3 Å². The lowest BCUT2D eigenvalue weighted by Gasteiger charge is -2.22. The monoisotopic (exact) mass is 340 g/mol. The van der Waals surface area contributed by atoms with Crippen LogP contribution in [0.5, 0.6) is 0 Å². The molecular formula is C18H32N2O4. The first-order valence-corrected chi connectivity index (χ1v) is 9.09. The Kier molecular flexibility index (Phi) is 8.79. The summed E-state index contributed by atoms with van der Waals surface area (Å²) in [5.74, 6) is -1.26. The second kappa shape index (κ2) is 10.3. The highest BCUT2D eigenvalue weighted by Crippen LogP contribution is 2.26. The van der Waals surface area contributed by atoms with Gasteiger partial charge in [-0.25, -0.2) is 0 Å². The third-order valence-electron chi connectivity index (χ3n) is 4.60. The second-order valence-corrected chi connectivity index (χ2v) is 7.41. The van der Waals surface area contributed by atoms with Crippen molar-refractivity contribution >= 4 is 17.8 Å². The summed E-state index contributed by atoms with van der Waals surface area (Å²) in [5, 5.41) is 14.5. The average molecular weight is 340 g/mol. The van der Waals surface area contributed by atoms with Gasteiger partial charge in [-0.15, -0.1) is 0 Å². The maximum Gasteiger partial charge on any atom is 0.308 e. The van der Waals surface area contributed by atoms with Crippen LogP contribution in [-0.2, 0) is 14.4 Å². The molecule has 2 atom stereocenters. The summed E-state index contributed by atoms with van der Waals surface area (Å²) < 4.78 is 0. The molecular weight excluding hydrogens is 308 g/mol. The Morgan fingerprint density at radius 3 is 2.25 bits per heavy atom. The second-order valence-electron chi connectivity index (χ2n) is 7.41. The first-order valence-electron chi connectivity index (χ1n) is 9.09. The van der Waals surface area contributed by atoms with Crippen molar-refractivity contribution in [2.24, 2.45) is 17.8 Å². The molecule has 2 unspecified atom stereocenters. The molecule has 0 aromatic heterocycles. The van der Waals surface area contributed by atoms with Crippen molar-refractivity contribution in [1.82, 2.24) is 10.6 Å². The first-order chi connectivity index (χ1) is 11.3. The fraction of sp³-hybridized carbons (Fsp3) is 0.833. The summed E-state index contributed by atoms with van der Waals surface area (Å²) in [7, 11) is 0. The largest absolute Gasteiger partial charge is 0.481 e. The Morgan fingerprint density at radius 1 is 1.08 bits per heavy atom. The van der Waals surface area contributed by atoms with Gasteiger partial charge in [0.2, 0.25) is 11.8 Å². The highest BCUT2D eigenvalue weighted by Gasteiger charge is 2.23. The molecule has 0 aromatic carbocycles. The lowest BCUT2D eigenvalue weighted by atomic mass is 9.87. The van der Waals surface area contributed by atoms with Gasteiger partial charge in [-0.3, -0.25) is 14.4 Å². The number of hydrogen-bond donors (Lipinski definition) is 3. The molecule has 0 bridgehead atoms. The molecule has 6 heteroatoms. The maximum absolute atomic E-state index is 12.1. The molecule has 0 radical (unpaired) electrons. The van der Waals surface area contributed by atoms with Gasteiger partial charge in [-0.1, -0.05) is 33.1 Å². The third-order valence-corrected chi connectivity index (χ3v) is 4.60. The Morgan fingerprint density at radius 2 is 1.71 bits per heavy atom. The molecule has 1 fully saturated rings. The number of amides is 2. The molecule has 6 nitrogen and oxygen atoms in total. The third kappa shape index (κ3) is 7.79. The number of aliphatic carboxylic acids is 1. The standard InChI is InChI=1S/C18H32N2O4/c1-12(2)9-15(18(23)24)11-19-17(22)13(3)20-16(21)10-14-7-5-4-6-8-14/h12-15H,4-11H2,1-3H3,(H,19,22)(H,20,21)(H,23,24). The predicted molar refractivity (Wildman–Crippen MR) is 92.4 cm³/mol. The molecule has 1 rings (SSSR count). The van der Waals surface area contributed by atoms with E-state index in [2.05, 4.69) is 10.6 Å². The average Bonchev–Trinajstić information content (AvgIpc) is 2.51. The van der Waals surface area contributed by atoms with Crippen molar-refractivity contribution in [2.75, 3.05) is 6.54 Å². The molecule has 0 heterocycles. The lowest BCUT2D eigenvalue weighted by Crippen LogP contribution is -2.47. The van der Waals surface area contributed by atoms with E-state index in [0.29, 0.717) is 18.8 Å². The van der Waals surface area contributed by atoms with Crippen LogP contribution in [0.2, 0.25) is 0 Å². The fourth-order valence-corrected chi connectivity index (χ4v) is 3.24. The lowest BCUT2D eigenvalue weighted by molar-refractivity contribution is -0.142. The van der Waals surface area contributed by atoms with Crippen LogP contribution in [0, 0.1) is 17.8 Å². The molecule has 0 aromatic rings. The van der Waals surface area contributed by atoms with Gasteiger partial charge in [0.15, 0.2) is 0 Å². The minimum atomic E-state index is -0.905. The zero-order chi connectivity index (χ0) is 18.1. The van der Waals surface area contributed by atoms with E-state index >= 15 is 0 Å². The first kappa shape index (κ1) is 20.5. The minimum absolute atomic E-state index is 0.0924. The zero-order valence-electron chi connectivity index (χ0n) is 15.1. The van der Waals surface area contributed by atoms with E-state index in [1.807, 2.05) is 13.8 Å². The van der Waals surface area contributed by atoms with Crippen molar-refractivity contribution in [1.29, 1.82) is 0 Å². The van der Waals surface area contributed by atoms with Crippen LogP contribution in [0.15, 0.2) is 0 Å². The maximum atomic E-state index is 12.1. The number of rotatable bonds is 9. The highest BCUT2D eigenvalue weighted by molar-refractivity contribution is 5.87. The number of carbonyl (C=O) groups is 3. The Balaban J connectivity index is 2.34. The van der Waals surface area contributed by atoms with Gasteiger partial charge in [0.05, 0.1) is 5.92 Å². The van der Waals surface area contributed by atoms with E-state index in [0.717, 1.165) is 12.8 Å². The molecule has 1 aliphatic rings. The van der Waals surface area contributed by atoms with E-state index in [1.54, 1.807) is 6.92 Å². The van der Waals surface area contributed by atoms with Gasteiger partial charge in [0.1, 0.15) is 6.04 Å². The van der Waals surface area contributed by atoms with Gasteiger partial charge in [-0.05, 0) is 38.0 Å². The van der Waals surface area contributed by atoms with Gasteiger partial charge < -0.3 is 15.7 Å². The molecule has 0 aliphatic heterocycles. The Labute approximate surface area is 144 Å². The van der Waals surface area contributed by atoms with Crippen LogP contribution < -0.4 is 10.6 Å². The molecule has 2 amide bonds. The van der Waals surface area contributed by atoms with Crippen LogP contribution in [-0.4, -0.2) is 35.5 Å². The fourth-order valence-electron chi connectivity index (χ4n) is 3.24. The number of carboxylic acids is 1.